The fourth-order valence-corrected chi connectivity index (χ4v) is 5.52. The topological polar surface area (TPSA) is 51.0 Å². The molecule has 2 aromatic carbocycles. The SMILES string of the molecule is COc1ccc(CN(CCCN)CC[C@]2(c3ccccc3)C[C@@H](C)N(C)C[C@@H]2C)cc1OC. The smallest absolute Gasteiger partial charge is 0.161 e. The first kappa shape index (κ1) is 25.5. The third-order valence-electron chi connectivity index (χ3n) is 7.67. The minimum Gasteiger partial charge on any atom is -0.493 e. The van der Waals surface area contributed by atoms with Crippen LogP contribution >= 0.6 is 0 Å². The Bertz CT molecular complexity index is 859. The van der Waals surface area contributed by atoms with E-state index in [-0.39, 0.29) is 5.41 Å². The molecule has 0 saturated carbocycles. The van der Waals surface area contributed by atoms with Crippen molar-refractivity contribution in [3.63, 3.8) is 0 Å². The van der Waals surface area contributed by atoms with E-state index in [1.165, 1.54) is 17.5 Å². The molecule has 3 atom stereocenters. The normalized spacial score (nSPS) is 23.6. The highest BCUT2D eigenvalue weighted by atomic mass is 16.5. The second-order valence-corrected chi connectivity index (χ2v) is 9.77. The fourth-order valence-electron chi connectivity index (χ4n) is 5.52. The highest BCUT2D eigenvalue weighted by molar-refractivity contribution is 5.42. The number of rotatable bonds is 11. The van der Waals surface area contributed by atoms with Crippen LogP contribution in [0.3, 0.4) is 0 Å². The second-order valence-electron chi connectivity index (χ2n) is 9.77. The van der Waals surface area contributed by atoms with Crippen molar-refractivity contribution in [1.29, 1.82) is 0 Å². The molecule has 2 N–H and O–H groups in total. The lowest BCUT2D eigenvalue weighted by Crippen LogP contribution is -2.52. The molecular weight excluding hydrogens is 410 g/mol. The molecule has 0 aliphatic carbocycles. The summed E-state index contributed by atoms with van der Waals surface area (Å²) in [7, 11) is 5.64. The van der Waals surface area contributed by atoms with Crippen LogP contribution in [0.4, 0.5) is 0 Å². The molecule has 1 fully saturated rings. The van der Waals surface area contributed by atoms with E-state index in [1.807, 2.05) is 6.07 Å². The van der Waals surface area contributed by atoms with Gasteiger partial charge < -0.3 is 20.1 Å². The van der Waals surface area contributed by atoms with Crippen molar-refractivity contribution in [3.8, 4) is 11.5 Å². The van der Waals surface area contributed by atoms with Gasteiger partial charge in [0.05, 0.1) is 14.2 Å². The van der Waals surface area contributed by atoms with E-state index >= 15 is 0 Å². The molecule has 1 saturated heterocycles. The van der Waals surface area contributed by atoms with Gasteiger partial charge in [0.25, 0.3) is 0 Å². The third kappa shape index (κ3) is 6.08. The van der Waals surface area contributed by atoms with Gasteiger partial charge in [0.1, 0.15) is 0 Å². The molecule has 1 aliphatic heterocycles. The molecular formula is C28H43N3O2. The summed E-state index contributed by atoms with van der Waals surface area (Å²) < 4.78 is 11.0. The number of piperidine rings is 1. The highest BCUT2D eigenvalue weighted by Gasteiger charge is 2.43. The number of methoxy groups -OCH3 is 2. The summed E-state index contributed by atoms with van der Waals surface area (Å²) in [5, 5.41) is 0. The zero-order chi connectivity index (χ0) is 23.8. The quantitative estimate of drug-likeness (QED) is 0.541. The van der Waals surface area contributed by atoms with Crippen molar-refractivity contribution in [1.82, 2.24) is 9.80 Å². The van der Waals surface area contributed by atoms with Crippen LogP contribution in [0.2, 0.25) is 0 Å². The second kappa shape index (κ2) is 11.9. The zero-order valence-corrected chi connectivity index (χ0v) is 21.2. The molecule has 2 aromatic rings. The van der Waals surface area contributed by atoms with Crippen LogP contribution in [0.25, 0.3) is 0 Å². The Hall–Kier alpha value is -2.08. The van der Waals surface area contributed by atoms with Gasteiger partial charge in [-0.15, -0.1) is 0 Å². The van der Waals surface area contributed by atoms with Gasteiger partial charge in [-0.2, -0.15) is 0 Å². The van der Waals surface area contributed by atoms with Crippen molar-refractivity contribution in [2.24, 2.45) is 11.7 Å². The molecule has 0 aromatic heterocycles. The summed E-state index contributed by atoms with van der Waals surface area (Å²) in [4.78, 5) is 5.08. The summed E-state index contributed by atoms with van der Waals surface area (Å²) in [5.74, 6) is 2.15. The van der Waals surface area contributed by atoms with Crippen molar-refractivity contribution in [2.75, 3.05) is 47.4 Å². The van der Waals surface area contributed by atoms with Gasteiger partial charge in [0.15, 0.2) is 11.5 Å². The lowest BCUT2D eigenvalue weighted by molar-refractivity contribution is 0.0600. The Morgan fingerprint density at radius 2 is 1.76 bits per heavy atom. The van der Waals surface area contributed by atoms with Gasteiger partial charge in [0, 0.05) is 24.5 Å². The fraction of sp³-hybridized carbons (Fsp3) is 0.571. The molecule has 0 unspecified atom stereocenters. The number of hydrogen-bond acceptors (Lipinski definition) is 5. The Labute approximate surface area is 200 Å². The van der Waals surface area contributed by atoms with E-state index in [0.717, 1.165) is 50.5 Å². The van der Waals surface area contributed by atoms with Gasteiger partial charge >= 0.3 is 0 Å². The Morgan fingerprint density at radius 1 is 1.03 bits per heavy atom. The summed E-state index contributed by atoms with van der Waals surface area (Å²) >= 11 is 0. The summed E-state index contributed by atoms with van der Waals surface area (Å²) in [6.07, 6.45) is 3.34. The number of ether oxygens (including phenoxy) is 2. The number of nitrogens with two attached hydrogens (primary N) is 1. The summed E-state index contributed by atoms with van der Waals surface area (Å²) in [6.45, 7) is 9.59. The van der Waals surface area contributed by atoms with Crippen molar-refractivity contribution in [3.05, 3.63) is 59.7 Å². The van der Waals surface area contributed by atoms with Crippen LogP contribution in [0, 0.1) is 5.92 Å². The molecule has 3 rings (SSSR count). The maximum Gasteiger partial charge on any atom is 0.161 e. The summed E-state index contributed by atoms with van der Waals surface area (Å²) in [6, 6.07) is 18.0. The van der Waals surface area contributed by atoms with Crippen LogP contribution in [-0.4, -0.2) is 63.3 Å². The molecule has 1 aliphatic rings. The Morgan fingerprint density at radius 3 is 2.42 bits per heavy atom. The lowest BCUT2D eigenvalue weighted by Gasteiger charge is -2.50. The maximum absolute atomic E-state index is 5.90. The maximum atomic E-state index is 5.90. The van der Waals surface area contributed by atoms with E-state index in [0.29, 0.717) is 18.5 Å². The van der Waals surface area contributed by atoms with Crippen LogP contribution in [0.5, 0.6) is 11.5 Å². The first-order chi connectivity index (χ1) is 15.9. The Kier molecular flexibility index (Phi) is 9.19. The standard InChI is InChI=1S/C28H43N3O2/c1-22-20-30(3)23(2)19-28(22,25-10-7-6-8-11-25)14-17-31(16-9-15-29)21-24-12-13-26(32-4)27(18-24)33-5/h6-8,10-13,18,22-23H,9,14-17,19-21,29H2,1-5H3/t22-,23+,28-/m0/s1. The first-order valence-electron chi connectivity index (χ1n) is 12.3. The molecule has 182 valence electrons. The van der Waals surface area contributed by atoms with Crippen LogP contribution in [0.15, 0.2) is 48.5 Å². The molecule has 0 amide bonds. The van der Waals surface area contributed by atoms with Gasteiger partial charge in [-0.3, -0.25) is 4.90 Å². The van der Waals surface area contributed by atoms with E-state index < -0.39 is 0 Å². The predicted molar refractivity (Wildman–Crippen MR) is 137 cm³/mol. The molecule has 0 spiro atoms. The van der Waals surface area contributed by atoms with Gasteiger partial charge in [-0.05, 0) is 82.0 Å². The number of nitrogens with zero attached hydrogens (tertiary/aromatic N) is 2. The molecule has 1 heterocycles. The first-order valence-corrected chi connectivity index (χ1v) is 12.3. The van der Waals surface area contributed by atoms with Gasteiger partial charge in [0.2, 0.25) is 0 Å². The zero-order valence-electron chi connectivity index (χ0n) is 21.2. The monoisotopic (exact) mass is 453 g/mol. The van der Waals surface area contributed by atoms with E-state index in [4.69, 9.17) is 15.2 Å². The van der Waals surface area contributed by atoms with Crippen molar-refractivity contribution in [2.45, 2.75) is 51.1 Å². The van der Waals surface area contributed by atoms with Crippen LogP contribution in [-0.2, 0) is 12.0 Å². The molecule has 5 nitrogen and oxygen atoms in total. The number of hydrogen-bond donors (Lipinski definition) is 1. The third-order valence-corrected chi connectivity index (χ3v) is 7.67. The predicted octanol–water partition coefficient (Wildman–Crippen LogP) is 4.54. The van der Waals surface area contributed by atoms with E-state index in [9.17, 15) is 0 Å². The molecule has 0 bridgehead atoms. The van der Waals surface area contributed by atoms with Crippen molar-refractivity contribution < 1.29 is 9.47 Å². The van der Waals surface area contributed by atoms with Gasteiger partial charge in [-0.1, -0.05) is 43.3 Å². The number of likely N-dealkylation sites (tertiary alicyclic amines) is 1. The van der Waals surface area contributed by atoms with Gasteiger partial charge in [-0.25, -0.2) is 0 Å². The molecule has 33 heavy (non-hydrogen) atoms. The minimum absolute atomic E-state index is 0.186. The van der Waals surface area contributed by atoms with E-state index in [1.54, 1.807) is 14.2 Å². The molecule has 0 radical (unpaired) electrons. The Balaban J connectivity index is 1.82. The largest absolute Gasteiger partial charge is 0.493 e. The van der Waals surface area contributed by atoms with Crippen LogP contribution in [0.1, 0.15) is 44.2 Å². The average molecular weight is 454 g/mol. The minimum atomic E-state index is 0.186. The number of benzene rings is 2. The van der Waals surface area contributed by atoms with E-state index in [2.05, 4.69) is 73.2 Å². The summed E-state index contributed by atoms with van der Waals surface area (Å²) in [5.41, 5.74) is 8.81. The lowest BCUT2D eigenvalue weighted by atomic mass is 9.63. The highest BCUT2D eigenvalue weighted by Crippen LogP contribution is 2.44. The van der Waals surface area contributed by atoms with Crippen molar-refractivity contribution >= 4 is 0 Å². The average Bonchev–Trinajstić information content (AvgIpc) is 2.84. The molecule has 5 heteroatoms. The van der Waals surface area contributed by atoms with Crippen LogP contribution < -0.4 is 15.2 Å².